The maximum atomic E-state index is 13.5. The lowest BCUT2D eigenvalue weighted by atomic mass is 9.98. The molecule has 2 aliphatic rings. The fraction of sp³-hybridized carbons (Fsp3) is 0.367. The fourth-order valence-corrected chi connectivity index (χ4v) is 6.59. The van der Waals surface area contributed by atoms with Crippen molar-refractivity contribution in [1.82, 2.24) is 4.90 Å². The summed E-state index contributed by atoms with van der Waals surface area (Å²) in [5, 5.41) is 0.650. The largest absolute Gasteiger partial charge is 0.489 e. The van der Waals surface area contributed by atoms with Crippen LogP contribution in [0.3, 0.4) is 0 Å². The Kier molecular flexibility index (Phi) is 7.13. The van der Waals surface area contributed by atoms with E-state index in [0.717, 1.165) is 48.3 Å². The van der Waals surface area contributed by atoms with Crippen molar-refractivity contribution in [3.05, 3.63) is 93.5 Å². The minimum absolute atomic E-state index is 0.0975. The lowest BCUT2D eigenvalue weighted by Crippen LogP contribution is -2.49. The standard InChI is InChI=1S/C30H32ClNO2S/c1-19-5-13-27(31)28(14-19)34-26-16-24-11-12-25(17-26)32(24)30(33)23-9-7-22(8-10-23)18-35-29-15-20(2)4-6-21(29)3/h4-10,13-15,24-26H,11-12,16-18H2,1-3H3. The lowest BCUT2D eigenvalue weighted by Gasteiger charge is -2.39. The van der Waals surface area contributed by atoms with Crippen LogP contribution in [-0.2, 0) is 5.75 Å². The van der Waals surface area contributed by atoms with Crippen LogP contribution >= 0.6 is 23.4 Å². The maximum Gasteiger partial charge on any atom is 0.254 e. The summed E-state index contributed by atoms with van der Waals surface area (Å²) in [6, 6.07) is 21.1. The van der Waals surface area contributed by atoms with Crippen molar-refractivity contribution in [2.45, 2.75) is 75.3 Å². The van der Waals surface area contributed by atoms with E-state index >= 15 is 0 Å². The average molecular weight is 506 g/mol. The van der Waals surface area contributed by atoms with Crippen molar-refractivity contribution < 1.29 is 9.53 Å². The smallest absolute Gasteiger partial charge is 0.254 e. The third-order valence-electron chi connectivity index (χ3n) is 7.24. The number of thioether (sulfide) groups is 1. The topological polar surface area (TPSA) is 29.5 Å². The van der Waals surface area contributed by atoms with Gasteiger partial charge in [-0.05, 0) is 80.6 Å². The Morgan fingerprint density at radius 1 is 0.943 bits per heavy atom. The normalized spacial score (nSPS) is 21.3. The summed E-state index contributed by atoms with van der Waals surface area (Å²) >= 11 is 8.21. The van der Waals surface area contributed by atoms with Crippen molar-refractivity contribution in [3.8, 4) is 5.75 Å². The van der Waals surface area contributed by atoms with Gasteiger partial charge in [0.15, 0.2) is 0 Å². The van der Waals surface area contributed by atoms with Crippen LogP contribution in [0.5, 0.6) is 5.75 Å². The summed E-state index contributed by atoms with van der Waals surface area (Å²) < 4.78 is 6.30. The quantitative estimate of drug-likeness (QED) is 0.320. The Labute approximate surface area is 217 Å². The number of hydrogen-bond donors (Lipinski definition) is 0. The van der Waals surface area contributed by atoms with Gasteiger partial charge >= 0.3 is 0 Å². The first-order valence-electron chi connectivity index (χ1n) is 12.4. The number of amides is 1. The first kappa shape index (κ1) is 24.3. The number of piperidine rings is 1. The van der Waals surface area contributed by atoms with E-state index < -0.39 is 0 Å². The Hall–Kier alpha value is -2.43. The number of fused-ring (bicyclic) bond motifs is 2. The minimum atomic E-state index is 0.0975. The van der Waals surface area contributed by atoms with Crippen molar-refractivity contribution in [2.75, 3.05) is 0 Å². The first-order chi connectivity index (χ1) is 16.9. The van der Waals surface area contributed by atoms with Crippen molar-refractivity contribution in [2.24, 2.45) is 0 Å². The van der Waals surface area contributed by atoms with E-state index in [0.29, 0.717) is 5.02 Å². The predicted octanol–water partition coefficient (Wildman–Crippen LogP) is 7.77. The summed E-state index contributed by atoms with van der Waals surface area (Å²) in [5.41, 5.74) is 5.74. The summed E-state index contributed by atoms with van der Waals surface area (Å²) in [5.74, 6) is 1.80. The van der Waals surface area contributed by atoms with E-state index in [1.165, 1.54) is 21.6 Å². The van der Waals surface area contributed by atoms with Gasteiger partial charge in [-0.2, -0.15) is 0 Å². The van der Waals surface area contributed by atoms with Crippen molar-refractivity contribution in [3.63, 3.8) is 0 Å². The third kappa shape index (κ3) is 5.39. The number of carbonyl (C=O) groups is 1. The molecule has 0 N–H and O–H groups in total. The van der Waals surface area contributed by atoms with E-state index in [9.17, 15) is 4.79 Å². The highest BCUT2D eigenvalue weighted by Crippen LogP contribution is 2.39. The highest BCUT2D eigenvalue weighted by atomic mass is 35.5. The number of nitrogens with zero attached hydrogens (tertiary/aromatic N) is 1. The molecule has 0 radical (unpaired) electrons. The van der Waals surface area contributed by atoms with Crippen molar-refractivity contribution in [1.29, 1.82) is 0 Å². The maximum absolute atomic E-state index is 13.5. The van der Waals surface area contributed by atoms with Crippen molar-refractivity contribution >= 4 is 29.3 Å². The van der Waals surface area contributed by atoms with Crippen LogP contribution in [0, 0.1) is 20.8 Å². The van der Waals surface area contributed by atoms with Gasteiger partial charge in [-0.3, -0.25) is 4.79 Å². The first-order valence-corrected chi connectivity index (χ1v) is 13.8. The molecule has 35 heavy (non-hydrogen) atoms. The second-order valence-corrected chi connectivity index (χ2v) is 11.4. The molecule has 2 aliphatic heterocycles. The molecule has 0 spiro atoms. The molecule has 5 rings (SSSR count). The van der Waals surface area contributed by atoms with Gasteiger partial charge in [0.25, 0.3) is 5.91 Å². The number of rotatable bonds is 6. The molecule has 2 fully saturated rings. The second-order valence-electron chi connectivity index (χ2n) is 10.00. The molecule has 1 amide bonds. The summed E-state index contributed by atoms with van der Waals surface area (Å²) in [6.45, 7) is 6.33. The molecule has 2 saturated heterocycles. The number of aryl methyl sites for hydroxylation is 3. The number of ether oxygens (including phenoxy) is 1. The lowest BCUT2D eigenvalue weighted by molar-refractivity contribution is 0.0359. The zero-order valence-electron chi connectivity index (χ0n) is 20.6. The molecule has 182 valence electrons. The van der Waals surface area contributed by atoms with Crippen LogP contribution in [0.2, 0.25) is 5.02 Å². The van der Waals surface area contributed by atoms with Crippen LogP contribution in [0.15, 0.2) is 65.6 Å². The number of hydrogen-bond acceptors (Lipinski definition) is 3. The van der Waals surface area contributed by atoms with Gasteiger partial charge in [-0.1, -0.05) is 47.5 Å². The SMILES string of the molecule is Cc1ccc(Cl)c(OC2CC3CCC(C2)N3C(=O)c2ccc(CSc3cc(C)ccc3C)cc2)c1. The summed E-state index contributed by atoms with van der Waals surface area (Å²) in [4.78, 5) is 16.9. The molecule has 3 nitrogen and oxygen atoms in total. The average Bonchev–Trinajstić information content (AvgIpc) is 3.12. The monoisotopic (exact) mass is 505 g/mol. The van der Waals surface area contributed by atoms with E-state index in [1.54, 1.807) is 0 Å². The minimum Gasteiger partial charge on any atom is -0.489 e. The molecule has 0 saturated carbocycles. The zero-order valence-corrected chi connectivity index (χ0v) is 22.2. The van der Waals surface area contributed by atoms with Gasteiger partial charge < -0.3 is 9.64 Å². The molecular formula is C30H32ClNO2S. The third-order valence-corrected chi connectivity index (χ3v) is 8.78. The van der Waals surface area contributed by atoms with Crippen LogP contribution < -0.4 is 4.74 Å². The molecule has 2 unspecified atom stereocenters. The highest BCUT2D eigenvalue weighted by molar-refractivity contribution is 7.98. The number of halogens is 1. The number of benzene rings is 3. The molecule has 0 aliphatic carbocycles. The summed E-state index contributed by atoms with van der Waals surface area (Å²) in [6.07, 6.45) is 3.90. The van der Waals surface area contributed by atoms with Gasteiger partial charge in [-0.15, -0.1) is 11.8 Å². The zero-order chi connectivity index (χ0) is 24.5. The van der Waals surface area contributed by atoms with Gasteiger partial charge in [0.05, 0.1) is 5.02 Å². The van der Waals surface area contributed by atoms with E-state index in [1.807, 2.05) is 49.0 Å². The molecule has 2 heterocycles. The van der Waals surface area contributed by atoms with E-state index in [2.05, 4.69) is 49.1 Å². The Balaban J connectivity index is 1.21. The van der Waals surface area contributed by atoms with Crippen LogP contribution in [0.4, 0.5) is 0 Å². The molecule has 5 heteroatoms. The van der Waals surface area contributed by atoms with Gasteiger partial charge in [0.1, 0.15) is 11.9 Å². The predicted molar refractivity (Wildman–Crippen MR) is 145 cm³/mol. The number of carbonyl (C=O) groups excluding carboxylic acids is 1. The molecule has 2 atom stereocenters. The van der Waals surface area contributed by atoms with Gasteiger partial charge in [0, 0.05) is 41.1 Å². The summed E-state index contributed by atoms with van der Waals surface area (Å²) in [7, 11) is 0. The van der Waals surface area contributed by atoms with Crippen LogP contribution in [-0.4, -0.2) is 29.0 Å². The van der Waals surface area contributed by atoms with Gasteiger partial charge in [0.2, 0.25) is 0 Å². The molecule has 3 aromatic rings. The highest BCUT2D eigenvalue weighted by Gasteiger charge is 2.44. The second kappa shape index (κ2) is 10.3. The Bertz CT molecular complexity index is 1210. The van der Waals surface area contributed by atoms with Crippen LogP contribution in [0.1, 0.15) is 58.3 Å². The molecular weight excluding hydrogens is 474 g/mol. The molecule has 3 aromatic carbocycles. The van der Waals surface area contributed by atoms with E-state index in [4.69, 9.17) is 16.3 Å². The van der Waals surface area contributed by atoms with Gasteiger partial charge in [-0.25, -0.2) is 0 Å². The molecule has 2 bridgehead atoms. The Morgan fingerprint density at radius 3 is 2.31 bits per heavy atom. The fourth-order valence-electron chi connectivity index (χ4n) is 5.35. The van der Waals surface area contributed by atoms with Crippen LogP contribution in [0.25, 0.3) is 0 Å². The molecule has 0 aromatic heterocycles. The van der Waals surface area contributed by atoms with E-state index in [-0.39, 0.29) is 24.1 Å². The Morgan fingerprint density at radius 2 is 1.60 bits per heavy atom.